The molecule has 1 aromatic carbocycles. The summed E-state index contributed by atoms with van der Waals surface area (Å²) in [6, 6.07) is 4.90. The van der Waals surface area contributed by atoms with Gasteiger partial charge in [0.25, 0.3) is 0 Å². The van der Waals surface area contributed by atoms with E-state index >= 15 is 0 Å². The van der Waals surface area contributed by atoms with Gasteiger partial charge in [-0.3, -0.25) is 4.79 Å². The fourth-order valence-corrected chi connectivity index (χ4v) is 1.61. The maximum atomic E-state index is 11.7. The summed E-state index contributed by atoms with van der Waals surface area (Å²) < 4.78 is 5.00. The minimum absolute atomic E-state index is 0.0429. The molecule has 6 nitrogen and oxygen atoms in total. The lowest BCUT2D eigenvalue weighted by molar-refractivity contribution is -0.121. The van der Waals surface area contributed by atoms with Crippen molar-refractivity contribution in [2.75, 3.05) is 18.1 Å². The van der Waals surface area contributed by atoms with Crippen molar-refractivity contribution in [3.63, 3.8) is 0 Å². The van der Waals surface area contributed by atoms with Gasteiger partial charge in [0.2, 0.25) is 5.91 Å². The molecule has 6 heteroatoms. The summed E-state index contributed by atoms with van der Waals surface area (Å²) in [5, 5.41) is 2.81. The Morgan fingerprint density at radius 2 is 2.05 bits per heavy atom. The maximum Gasteiger partial charge on any atom is 0.340 e. The number of hydrogen-bond acceptors (Lipinski definition) is 5. The highest BCUT2D eigenvalue weighted by molar-refractivity contribution is 5.95. The Kier molecular flexibility index (Phi) is 3.89. The third-order valence-corrected chi connectivity index (χ3v) is 2.80. The number of ether oxygens (including phenoxy) is 1. The number of carbonyl (C=O) groups is 2. The van der Waals surface area contributed by atoms with Gasteiger partial charge < -0.3 is 21.5 Å². The van der Waals surface area contributed by atoms with Gasteiger partial charge in [0.1, 0.15) is 6.61 Å². The van der Waals surface area contributed by atoms with Gasteiger partial charge in [0.15, 0.2) is 0 Å². The van der Waals surface area contributed by atoms with Gasteiger partial charge in [0.05, 0.1) is 12.0 Å². The number of hydrogen-bond donors (Lipinski definition) is 3. The van der Waals surface area contributed by atoms with Crippen molar-refractivity contribution in [2.24, 2.45) is 0 Å². The average Bonchev–Trinajstić information content (AvgIpc) is 3.12. The van der Waals surface area contributed by atoms with E-state index < -0.39 is 5.97 Å². The first-order valence-electron chi connectivity index (χ1n) is 6.18. The van der Waals surface area contributed by atoms with Crippen LogP contribution in [0.5, 0.6) is 0 Å². The first kappa shape index (κ1) is 13.2. The van der Waals surface area contributed by atoms with Crippen molar-refractivity contribution in [1.29, 1.82) is 0 Å². The molecule has 1 aliphatic carbocycles. The molecule has 5 N–H and O–H groups in total. The lowest BCUT2D eigenvalue weighted by Crippen LogP contribution is -2.26. The summed E-state index contributed by atoms with van der Waals surface area (Å²) in [5.74, 6) is -0.641. The lowest BCUT2D eigenvalue weighted by atomic mass is 10.1. The Morgan fingerprint density at radius 3 is 2.68 bits per heavy atom. The molecule has 0 bridgehead atoms. The molecule has 102 valence electrons. The molecule has 0 radical (unpaired) electrons. The molecule has 1 fully saturated rings. The summed E-state index contributed by atoms with van der Waals surface area (Å²) in [6.07, 6.45) is 2.23. The molecule has 19 heavy (non-hydrogen) atoms. The van der Waals surface area contributed by atoms with Gasteiger partial charge in [-0.15, -0.1) is 0 Å². The van der Waals surface area contributed by atoms with Crippen molar-refractivity contribution >= 4 is 23.3 Å². The second kappa shape index (κ2) is 5.60. The van der Waals surface area contributed by atoms with E-state index in [1.807, 2.05) is 0 Å². The molecular weight excluding hydrogens is 246 g/mol. The number of benzene rings is 1. The second-order valence-electron chi connectivity index (χ2n) is 4.57. The topological polar surface area (TPSA) is 107 Å². The minimum Gasteiger partial charge on any atom is -0.461 e. The molecule has 1 aliphatic rings. The second-order valence-corrected chi connectivity index (χ2v) is 4.57. The van der Waals surface area contributed by atoms with Crippen LogP contribution in [0.1, 0.15) is 29.6 Å². The van der Waals surface area contributed by atoms with Crippen LogP contribution >= 0.6 is 0 Å². The number of anilines is 2. The SMILES string of the molecule is Nc1ccc(C(=O)OCCC(=O)NC2CC2)c(N)c1. The van der Waals surface area contributed by atoms with Crippen LogP contribution in [0.25, 0.3) is 0 Å². The molecule has 0 spiro atoms. The minimum atomic E-state index is -0.545. The van der Waals surface area contributed by atoms with Crippen LogP contribution in [-0.2, 0) is 9.53 Å². The Hall–Kier alpha value is -2.24. The molecule has 2 rings (SSSR count). The molecule has 0 saturated heterocycles. The molecule has 0 heterocycles. The Balaban J connectivity index is 1.78. The number of esters is 1. The fourth-order valence-electron chi connectivity index (χ4n) is 1.61. The van der Waals surface area contributed by atoms with Crippen LogP contribution in [0, 0.1) is 0 Å². The normalized spacial score (nSPS) is 13.9. The third kappa shape index (κ3) is 3.87. The van der Waals surface area contributed by atoms with E-state index in [2.05, 4.69) is 5.32 Å². The quantitative estimate of drug-likeness (QED) is 0.534. The lowest BCUT2D eigenvalue weighted by Gasteiger charge is -2.07. The predicted octanol–water partition coefficient (Wildman–Crippen LogP) is 0.676. The molecule has 1 aromatic rings. The van der Waals surface area contributed by atoms with Gasteiger partial charge in [-0.25, -0.2) is 4.79 Å². The zero-order valence-corrected chi connectivity index (χ0v) is 10.5. The molecule has 1 saturated carbocycles. The largest absolute Gasteiger partial charge is 0.461 e. The molecule has 0 aromatic heterocycles. The van der Waals surface area contributed by atoms with E-state index in [9.17, 15) is 9.59 Å². The summed E-state index contributed by atoms with van der Waals surface area (Å²) >= 11 is 0. The summed E-state index contributed by atoms with van der Waals surface area (Å²) in [6.45, 7) is 0.0429. The van der Waals surface area contributed by atoms with Crippen molar-refractivity contribution in [3.05, 3.63) is 23.8 Å². The maximum absolute atomic E-state index is 11.7. The van der Waals surface area contributed by atoms with Crippen LogP contribution in [0.4, 0.5) is 11.4 Å². The van der Waals surface area contributed by atoms with E-state index in [1.165, 1.54) is 12.1 Å². The van der Waals surface area contributed by atoms with Gasteiger partial charge in [-0.05, 0) is 31.0 Å². The first-order valence-corrected chi connectivity index (χ1v) is 6.18. The van der Waals surface area contributed by atoms with E-state index in [-0.39, 0.29) is 30.2 Å². The van der Waals surface area contributed by atoms with Crippen LogP contribution in [0.2, 0.25) is 0 Å². The van der Waals surface area contributed by atoms with Crippen LogP contribution < -0.4 is 16.8 Å². The number of rotatable bonds is 5. The summed E-state index contributed by atoms with van der Waals surface area (Å²) in [4.78, 5) is 23.1. The highest BCUT2D eigenvalue weighted by Gasteiger charge is 2.23. The third-order valence-electron chi connectivity index (χ3n) is 2.80. The standard InChI is InChI=1S/C13H17N3O3/c14-8-1-4-10(11(15)7-8)13(18)19-6-5-12(17)16-9-2-3-9/h1,4,7,9H,2-3,5-6,14-15H2,(H,16,17). The van der Waals surface area contributed by atoms with Crippen LogP contribution in [0.3, 0.4) is 0 Å². The van der Waals surface area contributed by atoms with Gasteiger partial charge >= 0.3 is 5.97 Å². The molecule has 0 atom stereocenters. The van der Waals surface area contributed by atoms with Crippen molar-refractivity contribution in [1.82, 2.24) is 5.32 Å². The van der Waals surface area contributed by atoms with Crippen molar-refractivity contribution in [2.45, 2.75) is 25.3 Å². The Morgan fingerprint density at radius 1 is 1.32 bits per heavy atom. The van der Waals surface area contributed by atoms with Gasteiger partial charge in [0, 0.05) is 17.4 Å². The number of nitrogens with one attached hydrogen (secondary N) is 1. The number of nitrogen functional groups attached to an aromatic ring is 2. The summed E-state index contributed by atoms with van der Waals surface area (Å²) in [7, 11) is 0. The number of amides is 1. The van der Waals surface area contributed by atoms with Crippen LogP contribution in [-0.4, -0.2) is 24.5 Å². The molecule has 1 amide bonds. The Labute approximate surface area is 111 Å². The smallest absolute Gasteiger partial charge is 0.340 e. The van der Waals surface area contributed by atoms with Crippen molar-refractivity contribution < 1.29 is 14.3 Å². The Bertz CT molecular complexity index is 498. The molecular formula is C13H17N3O3. The molecule has 0 aliphatic heterocycles. The monoisotopic (exact) mass is 263 g/mol. The number of nitrogens with two attached hydrogens (primary N) is 2. The van der Waals surface area contributed by atoms with Crippen molar-refractivity contribution in [3.8, 4) is 0 Å². The highest BCUT2D eigenvalue weighted by Crippen LogP contribution is 2.19. The van der Waals surface area contributed by atoms with E-state index in [0.29, 0.717) is 11.7 Å². The van der Waals surface area contributed by atoms with E-state index in [0.717, 1.165) is 12.8 Å². The van der Waals surface area contributed by atoms with E-state index in [1.54, 1.807) is 6.07 Å². The zero-order valence-electron chi connectivity index (χ0n) is 10.5. The molecule has 0 unspecified atom stereocenters. The highest BCUT2D eigenvalue weighted by atomic mass is 16.5. The fraction of sp³-hybridized carbons (Fsp3) is 0.385. The number of carbonyl (C=O) groups excluding carboxylic acids is 2. The summed E-state index contributed by atoms with van der Waals surface area (Å²) in [5.41, 5.74) is 12.2. The zero-order chi connectivity index (χ0) is 13.8. The van der Waals surface area contributed by atoms with Gasteiger partial charge in [-0.2, -0.15) is 0 Å². The van der Waals surface area contributed by atoms with E-state index in [4.69, 9.17) is 16.2 Å². The van der Waals surface area contributed by atoms with Gasteiger partial charge in [-0.1, -0.05) is 0 Å². The van der Waals surface area contributed by atoms with Crippen LogP contribution in [0.15, 0.2) is 18.2 Å². The first-order chi connectivity index (χ1) is 9.06. The predicted molar refractivity (Wildman–Crippen MR) is 71.3 cm³/mol. The average molecular weight is 263 g/mol.